The van der Waals surface area contributed by atoms with Crippen LogP contribution in [-0.4, -0.2) is 29.2 Å². The lowest BCUT2D eigenvalue weighted by Gasteiger charge is -2.11. The predicted molar refractivity (Wildman–Crippen MR) is 106 cm³/mol. The molecule has 0 radical (unpaired) electrons. The van der Waals surface area contributed by atoms with Gasteiger partial charge in [-0.25, -0.2) is 9.38 Å². The second kappa shape index (κ2) is 11.0. The fraction of sp³-hybridized carbons (Fsp3) is 0.412. The summed E-state index contributed by atoms with van der Waals surface area (Å²) in [7, 11) is 0. The molecule has 5 nitrogen and oxygen atoms in total. The molecule has 3 N–H and O–H groups in total. The lowest BCUT2D eigenvalue weighted by molar-refractivity contribution is 0.627. The van der Waals surface area contributed by atoms with E-state index >= 15 is 0 Å². The fourth-order valence-electron chi connectivity index (χ4n) is 2.22. The van der Waals surface area contributed by atoms with Crippen LogP contribution < -0.4 is 10.6 Å². The van der Waals surface area contributed by atoms with Crippen molar-refractivity contribution in [2.75, 3.05) is 13.1 Å². The summed E-state index contributed by atoms with van der Waals surface area (Å²) in [4.78, 5) is 4.52. The summed E-state index contributed by atoms with van der Waals surface area (Å²) in [5, 5.41) is 13.5. The molecule has 132 valence electrons. The highest BCUT2D eigenvalue weighted by Crippen LogP contribution is 2.05. The number of aryl methyl sites for hydroxylation is 2. The third kappa shape index (κ3) is 6.86. The van der Waals surface area contributed by atoms with Crippen molar-refractivity contribution in [2.45, 2.75) is 33.2 Å². The smallest absolute Gasteiger partial charge is 0.191 e. The number of halogens is 2. The molecule has 0 bridgehead atoms. The van der Waals surface area contributed by atoms with Gasteiger partial charge < -0.3 is 10.6 Å². The highest BCUT2D eigenvalue weighted by Gasteiger charge is 2.01. The van der Waals surface area contributed by atoms with Gasteiger partial charge in [-0.3, -0.25) is 5.10 Å². The molecule has 2 rings (SSSR count). The molecule has 0 aliphatic rings. The molecule has 0 spiro atoms. The average Bonchev–Trinajstić information content (AvgIpc) is 2.96. The monoisotopic (exact) mass is 445 g/mol. The highest BCUT2D eigenvalue weighted by atomic mass is 127. The van der Waals surface area contributed by atoms with E-state index < -0.39 is 0 Å². The molecular formula is C17H25FIN5. The maximum absolute atomic E-state index is 12.9. The van der Waals surface area contributed by atoms with E-state index in [0.29, 0.717) is 6.54 Å². The number of benzene rings is 1. The summed E-state index contributed by atoms with van der Waals surface area (Å²) in [6.07, 6.45) is 3.86. The molecular weight excluding hydrogens is 420 g/mol. The SMILES string of the molecule is CCNC(=NCc1ccc(F)cc1)NCCCc1cn[nH]c1C.I. The van der Waals surface area contributed by atoms with Crippen molar-refractivity contribution in [1.82, 2.24) is 20.8 Å². The van der Waals surface area contributed by atoms with Gasteiger partial charge in [-0.1, -0.05) is 12.1 Å². The lowest BCUT2D eigenvalue weighted by Crippen LogP contribution is -2.37. The van der Waals surface area contributed by atoms with Crippen molar-refractivity contribution in [3.05, 3.63) is 53.1 Å². The van der Waals surface area contributed by atoms with Gasteiger partial charge in [-0.05, 0) is 49.9 Å². The number of nitrogens with zero attached hydrogens (tertiary/aromatic N) is 2. The maximum atomic E-state index is 12.9. The Morgan fingerprint density at radius 2 is 2.00 bits per heavy atom. The van der Waals surface area contributed by atoms with Gasteiger partial charge in [0.05, 0.1) is 12.7 Å². The molecule has 0 aliphatic heterocycles. The number of aromatic amines is 1. The lowest BCUT2D eigenvalue weighted by atomic mass is 10.1. The van der Waals surface area contributed by atoms with Crippen molar-refractivity contribution in [2.24, 2.45) is 4.99 Å². The van der Waals surface area contributed by atoms with E-state index in [0.717, 1.165) is 43.1 Å². The molecule has 0 saturated heterocycles. The van der Waals surface area contributed by atoms with Crippen LogP contribution in [0.25, 0.3) is 0 Å². The van der Waals surface area contributed by atoms with E-state index in [1.54, 1.807) is 12.1 Å². The van der Waals surface area contributed by atoms with Crippen LogP contribution in [0, 0.1) is 12.7 Å². The zero-order valence-corrected chi connectivity index (χ0v) is 16.4. The molecule has 1 aromatic heterocycles. The second-order valence-electron chi connectivity index (χ2n) is 5.37. The maximum Gasteiger partial charge on any atom is 0.191 e. The molecule has 1 heterocycles. The number of hydrogen-bond acceptors (Lipinski definition) is 2. The first-order chi connectivity index (χ1) is 11.2. The molecule has 0 aliphatic carbocycles. The van der Waals surface area contributed by atoms with Crippen LogP contribution in [-0.2, 0) is 13.0 Å². The third-order valence-electron chi connectivity index (χ3n) is 3.53. The summed E-state index contributed by atoms with van der Waals surface area (Å²) >= 11 is 0. The zero-order chi connectivity index (χ0) is 16.5. The van der Waals surface area contributed by atoms with Gasteiger partial charge in [0.2, 0.25) is 0 Å². The first kappa shape index (κ1) is 20.4. The summed E-state index contributed by atoms with van der Waals surface area (Å²) in [5.74, 6) is 0.554. The van der Waals surface area contributed by atoms with E-state index in [9.17, 15) is 4.39 Å². The quantitative estimate of drug-likeness (QED) is 0.266. The average molecular weight is 445 g/mol. The number of H-pyrrole nitrogens is 1. The largest absolute Gasteiger partial charge is 0.357 e. The zero-order valence-electron chi connectivity index (χ0n) is 14.1. The Morgan fingerprint density at radius 1 is 1.25 bits per heavy atom. The van der Waals surface area contributed by atoms with Crippen LogP contribution >= 0.6 is 24.0 Å². The minimum atomic E-state index is -0.225. The topological polar surface area (TPSA) is 65.1 Å². The minimum Gasteiger partial charge on any atom is -0.357 e. The van der Waals surface area contributed by atoms with Gasteiger partial charge in [0.15, 0.2) is 5.96 Å². The van der Waals surface area contributed by atoms with E-state index in [2.05, 4.69) is 25.8 Å². The minimum absolute atomic E-state index is 0. The second-order valence-corrected chi connectivity index (χ2v) is 5.37. The van der Waals surface area contributed by atoms with Crippen LogP contribution in [0.1, 0.15) is 30.2 Å². The first-order valence-corrected chi connectivity index (χ1v) is 7.94. The number of rotatable bonds is 7. The van der Waals surface area contributed by atoms with E-state index in [1.165, 1.54) is 17.7 Å². The molecule has 0 atom stereocenters. The predicted octanol–water partition coefficient (Wildman–Crippen LogP) is 3.16. The number of aliphatic imine (C=N–C) groups is 1. The van der Waals surface area contributed by atoms with E-state index in [-0.39, 0.29) is 29.8 Å². The summed E-state index contributed by atoms with van der Waals surface area (Å²) in [6.45, 7) is 6.22. The fourth-order valence-corrected chi connectivity index (χ4v) is 2.22. The molecule has 7 heteroatoms. The molecule has 0 unspecified atom stereocenters. The van der Waals surface area contributed by atoms with Crippen LogP contribution in [0.2, 0.25) is 0 Å². The molecule has 1 aromatic carbocycles. The summed E-state index contributed by atoms with van der Waals surface area (Å²) in [5.41, 5.74) is 3.36. The van der Waals surface area contributed by atoms with Gasteiger partial charge in [0, 0.05) is 18.8 Å². The molecule has 0 saturated carbocycles. The van der Waals surface area contributed by atoms with Crippen molar-refractivity contribution < 1.29 is 4.39 Å². The van der Waals surface area contributed by atoms with Crippen LogP contribution in [0.15, 0.2) is 35.5 Å². The first-order valence-electron chi connectivity index (χ1n) is 7.94. The third-order valence-corrected chi connectivity index (χ3v) is 3.53. The van der Waals surface area contributed by atoms with Crippen LogP contribution in [0.5, 0.6) is 0 Å². The summed E-state index contributed by atoms with van der Waals surface area (Å²) in [6, 6.07) is 6.42. The molecule has 24 heavy (non-hydrogen) atoms. The Kier molecular flexibility index (Phi) is 9.36. The molecule has 2 aromatic rings. The number of hydrogen-bond donors (Lipinski definition) is 3. The highest BCUT2D eigenvalue weighted by molar-refractivity contribution is 14.0. The van der Waals surface area contributed by atoms with Gasteiger partial charge in [0.25, 0.3) is 0 Å². The van der Waals surface area contributed by atoms with Gasteiger partial charge in [-0.15, -0.1) is 24.0 Å². The Morgan fingerprint density at radius 3 is 2.62 bits per heavy atom. The van der Waals surface area contributed by atoms with E-state index in [1.807, 2.05) is 20.0 Å². The number of guanidine groups is 1. The number of aromatic nitrogens is 2. The van der Waals surface area contributed by atoms with Crippen molar-refractivity contribution in [3.8, 4) is 0 Å². The Hall–Kier alpha value is -1.64. The van der Waals surface area contributed by atoms with Crippen LogP contribution in [0.4, 0.5) is 4.39 Å². The van der Waals surface area contributed by atoms with Gasteiger partial charge in [0.1, 0.15) is 5.82 Å². The molecule has 0 amide bonds. The summed E-state index contributed by atoms with van der Waals surface area (Å²) < 4.78 is 12.9. The van der Waals surface area contributed by atoms with Crippen molar-refractivity contribution in [1.29, 1.82) is 0 Å². The number of nitrogens with one attached hydrogen (secondary N) is 3. The molecule has 0 fully saturated rings. The van der Waals surface area contributed by atoms with Crippen molar-refractivity contribution >= 4 is 29.9 Å². The Labute approximate surface area is 159 Å². The van der Waals surface area contributed by atoms with Gasteiger partial charge >= 0.3 is 0 Å². The van der Waals surface area contributed by atoms with Gasteiger partial charge in [-0.2, -0.15) is 5.10 Å². The normalized spacial score (nSPS) is 11.0. The van der Waals surface area contributed by atoms with Crippen LogP contribution in [0.3, 0.4) is 0 Å². The van der Waals surface area contributed by atoms with Crippen molar-refractivity contribution in [3.63, 3.8) is 0 Å². The standard InChI is InChI=1S/C17H24FN5.HI/c1-3-19-17(21-11-14-6-8-16(18)9-7-14)20-10-4-5-15-12-22-23-13(15)2;/h6-9,12H,3-5,10-11H2,1-2H3,(H,22,23)(H2,19,20,21);1H. The van der Waals surface area contributed by atoms with E-state index in [4.69, 9.17) is 0 Å². The Balaban J connectivity index is 0.00000288. The Bertz CT molecular complexity index is 624.